The quantitative estimate of drug-likeness (QED) is 0.766. The summed E-state index contributed by atoms with van der Waals surface area (Å²) in [7, 11) is 0. The van der Waals surface area contributed by atoms with Crippen molar-refractivity contribution in [3.8, 4) is 0 Å². The second-order valence-electron chi connectivity index (χ2n) is 6.60. The van der Waals surface area contributed by atoms with Crippen LogP contribution in [0, 0.1) is 19.8 Å². The molecule has 0 bridgehead atoms. The topological polar surface area (TPSA) is 76.8 Å². The standard InChI is InChI=1S/C17H26N6O/c1-12-11-16(23(21-12)13(2)15-5-6-15)20-17(24)19-7-4-9-22-10-8-18-14(22)3/h8,10-11,13,15H,4-7,9H2,1-3H3,(H2,19,20,24). The summed E-state index contributed by atoms with van der Waals surface area (Å²) in [5.41, 5.74) is 0.924. The highest BCUT2D eigenvalue weighted by molar-refractivity contribution is 5.88. The molecule has 0 saturated heterocycles. The molecule has 1 aliphatic carbocycles. The molecule has 3 rings (SSSR count). The maximum atomic E-state index is 12.1. The fraction of sp³-hybridized carbons (Fsp3) is 0.588. The fourth-order valence-electron chi connectivity index (χ4n) is 2.95. The van der Waals surface area contributed by atoms with Gasteiger partial charge in [0.2, 0.25) is 0 Å². The summed E-state index contributed by atoms with van der Waals surface area (Å²) in [6.45, 7) is 7.56. The Hall–Kier alpha value is -2.31. The van der Waals surface area contributed by atoms with Crippen molar-refractivity contribution in [1.29, 1.82) is 0 Å². The van der Waals surface area contributed by atoms with Gasteiger partial charge < -0.3 is 9.88 Å². The van der Waals surface area contributed by atoms with Crippen molar-refractivity contribution in [2.24, 2.45) is 5.92 Å². The van der Waals surface area contributed by atoms with Crippen LogP contribution < -0.4 is 10.6 Å². The van der Waals surface area contributed by atoms with Crippen molar-refractivity contribution < 1.29 is 4.79 Å². The van der Waals surface area contributed by atoms with Gasteiger partial charge in [0.25, 0.3) is 0 Å². The molecular formula is C17H26N6O. The van der Waals surface area contributed by atoms with E-state index < -0.39 is 0 Å². The van der Waals surface area contributed by atoms with Crippen molar-refractivity contribution in [3.63, 3.8) is 0 Å². The first-order valence-corrected chi connectivity index (χ1v) is 8.63. The summed E-state index contributed by atoms with van der Waals surface area (Å²) in [4.78, 5) is 16.3. The first kappa shape index (κ1) is 16.5. The van der Waals surface area contributed by atoms with Crippen LogP contribution in [-0.4, -0.2) is 31.9 Å². The van der Waals surface area contributed by atoms with Gasteiger partial charge in [-0.15, -0.1) is 0 Å². The summed E-state index contributed by atoms with van der Waals surface area (Å²) in [5.74, 6) is 2.45. The predicted molar refractivity (Wildman–Crippen MR) is 93.0 cm³/mol. The molecule has 2 aromatic heterocycles. The normalized spacial score (nSPS) is 15.3. The van der Waals surface area contributed by atoms with E-state index in [0.717, 1.165) is 30.3 Å². The molecule has 7 nitrogen and oxygen atoms in total. The molecule has 2 heterocycles. The van der Waals surface area contributed by atoms with Gasteiger partial charge in [-0.3, -0.25) is 5.32 Å². The molecule has 1 saturated carbocycles. The van der Waals surface area contributed by atoms with Crippen molar-refractivity contribution in [1.82, 2.24) is 24.6 Å². The van der Waals surface area contributed by atoms with E-state index in [1.54, 1.807) is 6.20 Å². The van der Waals surface area contributed by atoms with E-state index in [1.807, 2.05) is 30.8 Å². The van der Waals surface area contributed by atoms with Gasteiger partial charge in [0.1, 0.15) is 11.6 Å². The second kappa shape index (κ2) is 7.07. The van der Waals surface area contributed by atoms with E-state index in [9.17, 15) is 4.79 Å². The van der Waals surface area contributed by atoms with Crippen LogP contribution in [-0.2, 0) is 6.54 Å². The molecule has 0 spiro atoms. The Morgan fingerprint density at radius 1 is 1.42 bits per heavy atom. The lowest BCUT2D eigenvalue weighted by Gasteiger charge is -2.15. The summed E-state index contributed by atoms with van der Waals surface area (Å²) < 4.78 is 4.02. The third kappa shape index (κ3) is 3.96. The number of amides is 2. The number of hydrogen-bond donors (Lipinski definition) is 2. The highest BCUT2D eigenvalue weighted by Gasteiger charge is 2.31. The molecule has 24 heavy (non-hydrogen) atoms. The number of nitrogens with zero attached hydrogens (tertiary/aromatic N) is 4. The maximum Gasteiger partial charge on any atom is 0.320 e. The minimum Gasteiger partial charge on any atom is -0.338 e. The molecule has 1 fully saturated rings. The zero-order chi connectivity index (χ0) is 17.1. The van der Waals surface area contributed by atoms with E-state index in [1.165, 1.54) is 12.8 Å². The van der Waals surface area contributed by atoms with Gasteiger partial charge in [-0.05, 0) is 46.0 Å². The number of aromatic nitrogens is 4. The molecule has 130 valence electrons. The lowest BCUT2D eigenvalue weighted by molar-refractivity contribution is 0.251. The number of nitrogens with one attached hydrogen (secondary N) is 2. The molecule has 0 aromatic carbocycles. The van der Waals surface area contributed by atoms with Crippen molar-refractivity contribution >= 4 is 11.8 Å². The SMILES string of the molecule is Cc1cc(NC(=O)NCCCn2ccnc2C)n(C(C)C2CC2)n1. The van der Waals surface area contributed by atoms with Gasteiger partial charge >= 0.3 is 6.03 Å². The van der Waals surface area contributed by atoms with E-state index in [4.69, 9.17) is 0 Å². The average molecular weight is 330 g/mol. The van der Waals surface area contributed by atoms with Crippen LogP contribution in [0.3, 0.4) is 0 Å². The Bertz CT molecular complexity index is 700. The summed E-state index contributed by atoms with van der Waals surface area (Å²) in [6.07, 6.45) is 7.11. The van der Waals surface area contributed by atoms with Gasteiger partial charge in [-0.2, -0.15) is 5.10 Å². The van der Waals surface area contributed by atoms with Crippen LogP contribution in [0.1, 0.15) is 43.7 Å². The fourth-order valence-corrected chi connectivity index (χ4v) is 2.95. The van der Waals surface area contributed by atoms with Crippen LogP contribution in [0.2, 0.25) is 0 Å². The monoisotopic (exact) mass is 330 g/mol. The molecule has 1 atom stereocenters. The number of imidazole rings is 1. The number of anilines is 1. The van der Waals surface area contributed by atoms with Gasteiger partial charge in [0, 0.05) is 31.5 Å². The number of aryl methyl sites for hydroxylation is 3. The number of rotatable bonds is 7. The second-order valence-corrected chi connectivity index (χ2v) is 6.60. The van der Waals surface area contributed by atoms with E-state index >= 15 is 0 Å². The van der Waals surface area contributed by atoms with E-state index in [2.05, 4.69) is 32.2 Å². The first-order chi connectivity index (χ1) is 11.5. The van der Waals surface area contributed by atoms with Gasteiger partial charge in [-0.1, -0.05) is 0 Å². The van der Waals surface area contributed by atoms with Gasteiger partial charge in [-0.25, -0.2) is 14.5 Å². The van der Waals surface area contributed by atoms with Crippen LogP contribution >= 0.6 is 0 Å². The molecule has 7 heteroatoms. The van der Waals surface area contributed by atoms with Crippen LogP contribution in [0.4, 0.5) is 10.6 Å². The van der Waals surface area contributed by atoms with Gasteiger partial charge in [0.15, 0.2) is 0 Å². The highest BCUT2D eigenvalue weighted by atomic mass is 16.2. The summed E-state index contributed by atoms with van der Waals surface area (Å²) >= 11 is 0. The Kier molecular flexibility index (Phi) is 4.87. The largest absolute Gasteiger partial charge is 0.338 e. The third-order valence-electron chi connectivity index (χ3n) is 4.57. The molecule has 2 aromatic rings. The van der Waals surface area contributed by atoms with E-state index in [0.29, 0.717) is 18.5 Å². The number of hydrogen-bond acceptors (Lipinski definition) is 3. The lowest BCUT2D eigenvalue weighted by Crippen LogP contribution is -2.31. The summed E-state index contributed by atoms with van der Waals surface area (Å²) in [5, 5.41) is 10.4. The lowest BCUT2D eigenvalue weighted by atomic mass is 10.2. The Morgan fingerprint density at radius 3 is 2.88 bits per heavy atom. The summed E-state index contributed by atoms with van der Waals surface area (Å²) in [6, 6.07) is 2.08. The van der Waals surface area contributed by atoms with Crippen molar-refractivity contribution in [2.75, 3.05) is 11.9 Å². The smallest absolute Gasteiger partial charge is 0.320 e. The van der Waals surface area contributed by atoms with Crippen LogP contribution in [0.15, 0.2) is 18.5 Å². The molecule has 0 radical (unpaired) electrons. The minimum atomic E-state index is -0.179. The van der Waals surface area contributed by atoms with E-state index in [-0.39, 0.29) is 6.03 Å². The van der Waals surface area contributed by atoms with Gasteiger partial charge in [0.05, 0.1) is 11.7 Å². The molecule has 2 amide bonds. The minimum absolute atomic E-state index is 0.179. The third-order valence-corrected chi connectivity index (χ3v) is 4.57. The maximum absolute atomic E-state index is 12.1. The zero-order valence-corrected chi connectivity index (χ0v) is 14.6. The number of carbonyl (C=O) groups is 1. The molecule has 2 N–H and O–H groups in total. The molecular weight excluding hydrogens is 304 g/mol. The van der Waals surface area contributed by atoms with Crippen molar-refractivity contribution in [2.45, 2.75) is 52.6 Å². The zero-order valence-electron chi connectivity index (χ0n) is 14.6. The molecule has 1 aliphatic rings. The highest BCUT2D eigenvalue weighted by Crippen LogP contribution is 2.40. The molecule has 1 unspecified atom stereocenters. The number of urea groups is 1. The number of carbonyl (C=O) groups excluding carboxylic acids is 1. The van der Waals surface area contributed by atoms with Crippen LogP contribution in [0.5, 0.6) is 0 Å². The van der Waals surface area contributed by atoms with Crippen molar-refractivity contribution in [3.05, 3.63) is 30.0 Å². The Balaban J connectivity index is 1.47. The Morgan fingerprint density at radius 2 is 2.21 bits per heavy atom. The average Bonchev–Trinajstić information content (AvgIpc) is 3.22. The first-order valence-electron chi connectivity index (χ1n) is 8.63. The predicted octanol–water partition coefficient (Wildman–Crippen LogP) is 2.88. The van der Waals surface area contributed by atoms with Crippen LogP contribution in [0.25, 0.3) is 0 Å². The Labute approximate surface area is 142 Å². The molecule has 0 aliphatic heterocycles.